The van der Waals surface area contributed by atoms with Crippen LogP contribution < -0.4 is 5.32 Å². The van der Waals surface area contributed by atoms with Crippen LogP contribution in [0.3, 0.4) is 0 Å². The van der Waals surface area contributed by atoms with Crippen molar-refractivity contribution in [2.75, 3.05) is 19.9 Å². The second-order valence-corrected chi connectivity index (χ2v) is 3.84. The Bertz CT molecular complexity index is 190. The maximum atomic E-state index is 8.57. The van der Waals surface area contributed by atoms with Crippen LogP contribution in [0.1, 0.15) is 13.3 Å². The zero-order chi connectivity index (χ0) is 9.97. The Morgan fingerprint density at radius 2 is 2.43 bits per heavy atom. The van der Waals surface area contributed by atoms with Gasteiger partial charge in [0.15, 0.2) is 6.29 Å². The van der Waals surface area contributed by atoms with E-state index in [0.717, 1.165) is 13.0 Å². The highest BCUT2D eigenvalue weighted by molar-refractivity contribution is 4.78. The number of aliphatic hydroxyl groups is 1. The van der Waals surface area contributed by atoms with Crippen molar-refractivity contribution in [2.45, 2.75) is 32.0 Å². The monoisotopic (exact) mass is 203 g/mol. The van der Waals surface area contributed by atoms with Gasteiger partial charge in [-0.2, -0.15) is 0 Å². The van der Waals surface area contributed by atoms with E-state index in [1.807, 2.05) is 6.92 Å². The molecule has 2 heterocycles. The lowest BCUT2D eigenvalue weighted by atomic mass is 10.0. The summed E-state index contributed by atoms with van der Waals surface area (Å²) < 4.78 is 15.7. The van der Waals surface area contributed by atoms with E-state index in [1.165, 1.54) is 0 Å². The molecule has 0 aliphatic carbocycles. The highest BCUT2D eigenvalue weighted by atomic mass is 16.7. The molecule has 0 saturated carbocycles. The first-order chi connectivity index (χ1) is 6.79. The van der Waals surface area contributed by atoms with Gasteiger partial charge in [0.2, 0.25) is 0 Å². The first kappa shape index (κ1) is 10.3. The van der Waals surface area contributed by atoms with Gasteiger partial charge < -0.3 is 19.3 Å². The predicted octanol–water partition coefficient (Wildman–Crippen LogP) is -0.350. The minimum absolute atomic E-state index is 0.115. The van der Waals surface area contributed by atoms with E-state index >= 15 is 0 Å². The van der Waals surface area contributed by atoms with Crippen LogP contribution in [0.4, 0.5) is 0 Å². The summed E-state index contributed by atoms with van der Waals surface area (Å²) in [6, 6.07) is 0. The minimum Gasteiger partial charge on any atom is -0.371 e. The predicted molar refractivity (Wildman–Crippen MR) is 48.4 cm³/mol. The lowest BCUT2D eigenvalue weighted by Crippen LogP contribution is -2.45. The molecule has 0 aromatic rings. The van der Waals surface area contributed by atoms with Gasteiger partial charge in [-0.3, -0.25) is 5.32 Å². The van der Waals surface area contributed by atoms with E-state index in [-0.39, 0.29) is 19.3 Å². The standard InChI is InChI=1S/C9H17NO4/c1-6-3-10-8(14-6)2-7-4-12-9(7)13-5-11/h6-11H,2-5H2,1H3. The number of rotatable bonds is 4. The molecule has 82 valence electrons. The molecule has 2 aliphatic rings. The molecule has 5 heteroatoms. The highest BCUT2D eigenvalue weighted by Gasteiger charge is 2.36. The molecule has 2 saturated heterocycles. The van der Waals surface area contributed by atoms with Gasteiger partial charge in [-0.15, -0.1) is 0 Å². The molecule has 0 aromatic heterocycles. The molecule has 2 N–H and O–H groups in total. The fraction of sp³-hybridized carbons (Fsp3) is 1.00. The highest BCUT2D eigenvalue weighted by Crippen LogP contribution is 2.27. The van der Waals surface area contributed by atoms with Gasteiger partial charge in [0, 0.05) is 12.5 Å². The van der Waals surface area contributed by atoms with Gasteiger partial charge >= 0.3 is 0 Å². The maximum Gasteiger partial charge on any atom is 0.165 e. The number of hydrogen-bond acceptors (Lipinski definition) is 5. The van der Waals surface area contributed by atoms with Crippen molar-refractivity contribution in [3.8, 4) is 0 Å². The molecular weight excluding hydrogens is 186 g/mol. The largest absolute Gasteiger partial charge is 0.371 e. The summed E-state index contributed by atoms with van der Waals surface area (Å²) in [4.78, 5) is 0. The van der Waals surface area contributed by atoms with Crippen molar-refractivity contribution in [1.82, 2.24) is 5.32 Å². The van der Waals surface area contributed by atoms with E-state index in [0.29, 0.717) is 18.6 Å². The average Bonchev–Trinajstić information content (AvgIpc) is 2.55. The fourth-order valence-electron chi connectivity index (χ4n) is 1.84. The van der Waals surface area contributed by atoms with Gasteiger partial charge in [0.05, 0.1) is 12.7 Å². The van der Waals surface area contributed by atoms with Crippen molar-refractivity contribution in [3.05, 3.63) is 0 Å². The summed E-state index contributed by atoms with van der Waals surface area (Å²) in [6.07, 6.45) is 1.04. The van der Waals surface area contributed by atoms with Crippen molar-refractivity contribution in [2.24, 2.45) is 5.92 Å². The third-order valence-electron chi connectivity index (χ3n) is 2.64. The molecule has 0 amide bonds. The molecule has 0 spiro atoms. The quantitative estimate of drug-likeness (QED) is 0.612. The van der Waals surface area contributed by atoms with Crippen molar-refractivity contribution < 1.29 is 19.3 Å². The molecule has 4 atom stereocenters. The average molecular weight is 203 g/mol. The smallest absolute Gasteiger partial charge is 0.165 e. The number of ether oxygens (including phenoxy) is 3. The van der Waals surface area contributed by atoms with Crippen LogP contribution in [0.2, 0.25) is 0 Å². The number of hydrogen-bond donors (Lipinski definition) is 2. The molecule has 0 bridgehead atoms. The van der Waals surface area contributed by atoms with Crippen LogP contribution in [0.15, 0.2) is 0 Å². The molecule has 2 rings (SSSR count). The van der Waals surface area contributed by atoms with Gasteiger partial charge in [0.25, 0.3) is 0 Å². The molecule has 5 nitrogen and oxygen atoms in total. The normalized spacial score (nSPS) is 42.4. The van der Waals surface area contributed by atoms with Gasteiger partial charge in [0.1, 0.15) is 13.0 Å². The molecule has 14 heavy (non-hydrogen) atoms. The van der Waals surface area contributed by atoms with Crippen LogP contribution in [0.5, 0.6) is 0 Å². The van der Waals surface area contributed by atoms with E-state index in [9.17, 15) is 0 Å². The number of aliphatic hydroxyl groups excluding tert-OH is 1. The van der Waals surface area contributed by atoms with Crippen molar-refractivity contribution in [3.63, 3.8) is 0 Å². The van der Waals surface area contributed by atoms with E-state index in [1.54, 1.807) is 0 Å². The molecule has 4 unspecified atom stereocenters. The van der Waals surface area contributed by atoms with E-state index in [2.05, 4.69) is 5.32 Å². The molecule has 0 radical (unpaired) electrons. The van der Waals surface area contributed by atoms with Crippen LogP contribution in [-0.4, -0.2) is 43.7 Å². The summed E-state index contributed by atoms with van der Waals surface area (Å²) in [5.74, 6) is 0.338. The third-order valence-corrected chi connectivity index (χ3v) is 2.64. The van der Waals surface area contributed by atoms with Crippen LogP contribution >= 0.6 is 0 Å². The first-order valence-electron chi connectivity index (χ1n) is 5.02. The summed E-state index contributed by atoms with van der Waals surface area (Å²) in [5, 5.41) is 11.8. The summed E-state index contributed by atoms with van der Waals surface area (Å²) in [7, 11) is 0. The zero-order valence-corrected chi connectivity index (χ0v) is 8.31. The summed E-state index contributed by atoms with van der Waals surface area (Å²) >= 11 is 0. The Balaban J connectivity index is 1.70. The lowest BCUT2D eigenvalue weighted by Gasteiger charge is -2.36. The van der Waals surface area contributed by atoms with Crippen LogP contribution in [0, 0.1) is 5.92 Å². The van der Waals surface area contributed by atoms with Gasteiger partial charge in [-0.1, -0.05) is 0 Å². The molecule has 2 aliphatic heterocycles. The second kappa shape index (κ2) is 4.55. The summed E-state index contributed by atoms with van der Waals surface area (Å²) in [6.45, 7) is 3.37. The van der Waals surface area contributed by atoms with Crippen molar-refractivity contribution in [1.29, 1.82) is 0 Å². The second-order valence-electron chi connectivity index (χ2n) is 3.84. The van der Waals surface area contributed by atoms with Crippen molar-refractivity contribution >= 4 is 0 Å². The number of nitrogens with one attached hydrogen (secondary N) is 1. The van der Waals surface area contributed by atoms with Gasteiger partial charge in [-0.25, -0.2) is 0 Å². The minimum atomic E-state index is -0.281. The Labute approximate surface area is 83.3 Å². The Morgan fingerprint density at radius 1 is 1.57 bits per heavy atom. The Kier molecular flexibility index (Phi) is 3.35. The third kappa shape index (κ3) is 2.24. The van der Waals surface area contributed by atoms with Crippen LogP contribution in [0.25, 0.3) is 0 Å². The molecular formula is C9H17NO4. The molecule has 0 aromatic carbocycles. The first-order valence-corrected chi connectivity index (χ1v) is 5.02. The lowest BCUT2D eigenvalue weighted by molar-refractivity contribution is -0.285. The Hall–Kier alpha value is -0.200. The van der Waals surface area contributed by atoms with Gasteiger partial charge in [-0.05, 0) is 13.3 Å². The maximum absolute atomic E-state index is 8.57. The topological polar surface area (TPSA) is 60.0 Å². The fourth-order valence-corrected chi connectivity index (χ4v) is 1.84. The van der Waals surface area contributed by atoms with Crippen LogP contribution in [-0.2, 0) is 14.2 Å². The van der Waals surface area contributed by atoms with E-state index < -0.39 is 0 Å². The molecule has 2 fully saturated rings. The summed E-state index contributed by atoms with van der Waals surface area (Å²) in [5.41, 5.74) is 0. The van der Waals surface area contributed by atoms with E-state index in [4.69, 9.17) is 19.3 Å². The SMILES string of the molecule is CC1CNC(CC2COC2OCO)O1. The Morgan fingerprint density at radius 3 is 2.93 bits per heavy atom. The zero-order valence-electron chi connectivity index (χ0n) is 8.31.